The fraction of sp³-hybridized carbons (Fsp3) is 1.00. The number of halogens is 1. The molecule has 0 aliphatic rings. The Balaban J connectivity index is 3.14. The van der Waals surface area contributed by atoms with Crippen molar-refractivity contribution in [2.24, 2.45) is 13.7 Å². The van der Waals surface area contributed by atoms with Gasteiger partial charge in [0, 0.05) is 0 Å². The van der Waals surface area contributed by atoms with E-state index in [4.69, 9.17) is 13.7 Å². The van der Waals surface area contributed by atoms with Gasteiger partial charge >= 0.3 is 49.7 Å². The van der Waals surface area contributed by atoms with Crippen molar-refractivity contribution in [3.63, 3.8) is 0 Å². The van der Waals surface area contributed by atoms with Gasteiger partial charge in [0.05, 0.1) is 0 Å². The van der Waals surface area contributed by atoms with Crippen molar-refractivity contribution < 1.29 is 4.84 Å². The second-order valence-corrected chi connectivity index (χ2v) is 3.56. The molecule has 0 saturated carbocycles. The SMILES string of the molecule is CON(N)I(N)N. The van der Waals surface area contributed by atoms with Crippen molar-refractivity contribution >= 4 is 20.6 Å². The minimum absolute atomic E-state index is 1.00. The first-order valence-electron chi connectivity index (χ1n) is 1.45. The number of nitrogens with two attached hydrogens (primary N) is 3. The van der Waals surface area contributed by atoms with Crippen LogP contribution in [0.5, 0.6) is 0 Å². The third-order valence-corrected chi connectivity index (χ3v) is 1.86. The summed E-state index contributed by atoms with van der Waals surface area (Å²) in [5.41, 5.74) is 0. The van der Waals surface area contributed by atoms with Crippen LogP contribution in [-0.4, -0.2) is 10.5 Å². The molecule has 0 aromatic carbocycles. The van der Waals surface area contributed by atoms with E-state index in [2.05, 4.69) is 4.84 Å². The van der Waals surface area contributed by atoms with Crippen LogP contribution < -0.4 is 13.7 Å². The van der Waals surface area contributed by atoms with Crippen molar-refractivity contribution in [1.29, 1.82) is 0 Å². The number of rotatable bonds is 2. The molecule has 46 valence electrons. The Hall–Kier alpha value is 0.530. The van der Waals surface area contributed by atoms with Gasteiger partial charge in [0.15, 0.2) is 0 Å². The summed E-state index contributed by atoms with van der Waals surface area (Å²) in [5.74, 6) is 5.05. The van der Waals surface area contributed by atoms with E-state index in [0.29, 0.717) is 0 Å². The average Bonchev–Trinajstić information content (AvgIpc) is 1.65. The normalized spacial score (nSPS) is 12.4. The number of hydrazine groups is 1. The zero-order valence-corrected chi connectivity index (χ0v) is 6.12. The average molecular weight is 220 g/mol. The fourth-order valence-corrected chi connectivity index (χ4v) is 0.535. The van der Waals surface area contributed by atoms with Gasteiger partial charge < -0.3 is 0 Å². The predicted molar refractivity (Wildman–Crippen MR) is 35.4 cm³/mol. The molecular weight excluding hydrogens is 211 g/mol. The third kappa shape index (κ3) is 3.14. The summed E-state index contributed by atoms with van der Waals surface area (Å²) in [6, 6.07) is 0. The molecule has 0 radical (unpaired) electrons. The summed E-state index contributed by atoms with van der Waals surface area (Å²) >= 11 is -2.02. The zero-order chi connectivity index (χ0) is 5.86. The predicted octanol–water partition coefficient (Wildman–Crippen LogP) is -1.11. The van der Waals surface area contributed by atoms with Gasteiger partial charge in [0.2, 0.25) is 0 Å². The van der Waals surface area contributed by atoms with Crippen LogP contribution in [-0.2, 0) is 4.84 Å². The quantitative estimate of drug-likeness (QED) is 0.237. The molecule has 0 spiro atoms. The molecule has 6 N–H and O–H groups in total. The van der Waals surface area contributed by atoms with Crippen LogP contribution in [0.25, 0.3) is 0 Å². The summed E-state index contributed by atoms with van der Waals surface area (Å²) in [6.07, 6.45) is 0. The van der Waals surface area contributed by atoms with E-state index in [1.807, 2.05) is 0 Å². The maximum absolute atomic E-state index is 5.16. The first-order chi connectivity index (χ1) is 3.18. The zero-order valence-electron chi connectivity index (χ0n) is 3.97. The fourth-order valence-electron chi connectivity index (χ4n) is 0.0797. The van der Waals surface area contributed by atoms with Crippen LogP contribution in [0.2, 0.25) is 0 Å². The summed E-state index contributed by atoms with van der Waals surface area (Å²) in [7, 11) is 1.42. The molecule has 0 bridgehead atoms. The van der Waals surface area contributed by atoms with E-state index in [1.165, 1.54) is 7.11 Å². The standard InChI is InChI=1S/CH9IN4O/c1-7-6(5)2(3)4/h3-5H2,1H3. The van der Waals surface area contributed by atoms with Gasteiger partial charge in [-0.25, -0.2) is 0 Å². The Morgan fingerprint density at radius 1 is 1.57 bits per heavy atom. The number of hydrogen-bond donors (Lipinski definition) is 3. The van der Waals surface area contributed by atoms with Crippen molar-refractivity contribution in [3.05, 3.63) is 0 Å². The molecule has 0 rings (SSSR count). The maximum atomic E-state index is 5.16. The Morgan fingerprint density at radius 2 is 2.00 bits per heavy atom. The Bertz CT molecular complexity index is 49.0. The molecule has 7 heavy (non-hydrogen) atoms. The minimum atomic E-state index is -2.02. The van der Waals surface area contributed by atoms with Crippen LogP contribution in [0.1, 0.15) is 0 Å². The van der Waals surface area contributed by atoms with Crippen LogP contribution in [0.4, 0.5) is 0 Å². The first kappa shape index (κ1) is 7.53. The first-order valence-corrected chi connectivity index (χ1v) is 4.91. The van der Waals surface area contributed by atoms with Gasteiger partial charge in [-0.2, -0.15) is 0 Å². The Morgan fingerprint density at radius 3 is 2.00 bits per heavy atom. The second kappa shape index (κ2) is 3.52. The molecule has 0 aromatic rings. The van der Waals surface area contributed by atoms with Crippen molar-refractivity contribution in [3.8, 4) is 0 Å². The summed E-state index contributed by atoms with van der Waals surface area (Å²) in [4.78, 5) is 4.44. The van der Waals surface area contributed by atoms with Crippen LogP contribution in [0.15, 0.2) is 0 Å². The second-order valence-electron chi connectivity index (χ2n) is 0.776. The third-order valence-electron chi connectivity index (χ3n) is 0.367. The van der Waals surface area contributed by atoms with Gasteiger partial charge in [-0.3, -0.25) is 0 Å². The van der Waals surface area contributed by atoms with Crippen molar-refractivity contribution in [2.45, 2.75) is 0 Å². The van der Waals surface area contributed by atoms with Gasteiger partial charge in [0.25, 0.3) is 0 Å². The van der Waals surface area contributed by atoms with Gasteiger partial charge in [-0.05, 0) is 0 Å². The van der Waals surface area contributed by atoms with Gasteiger partial charge in [0.1, 0.15) is 0 Å². The van der Waals surface area contributed by atoms with Crippen molar-refractivity contribution in [1.82, 2.24) is 3.39 Å². The summed E-state index contributed by atoms with van der Waals surface area (Å²) in [5, 5.41) is 0. The Kier molecular flexibility index (Phi) is 3.79. The molecule has 5 nitrogen and oxygen atoms in total. The molecule has 0 amide bonds. The molecule has 0 aliphatic carbocycles. The topological polar surface area (TPSA) is 90.5 Å². The molecule has 0 fully saturated rings. The van der Waals surface area contributed by atoms with Crippen LogP contribution in [0, 0.1) is 0 Å². The molecule has 6 heteroatoms. The van der Waals surface area contributed by atoms with E-state index in [9.17, 15) is 0 Å². The Labute approximate surface area is 50.1 Å². The van der Waals surface area contributed by atoms with Gasteiger partial charge in [-0.15, -0.1) is 0 Å². The molecule has 0 heterocycles. The summed E-state index contributed by atoms with van der Waals surface area (Å²) < 4.78 is 11.3. The van der Waals surface area contributed by atoms with Crippen molar-refractivity contribution in [2.75, 3.05) is 7.11 Å². The van der Waals surface area contributed by atoms with Crippen LogP contribution in [0.3, 0.4) is 0 Å². The van der Waals surface area contributed by atoms with E-state index >= 15 is 0 Å². The molecule has 0 aromatic heterocycles. The van der Waals surface area contributed by atoms with E-state index in [1.54, 1.807) is 0 Å². The molecule has 0 atom stereocenters. The number of hydrogen-bond acceptors (Lipinski definition) is 5. The van der Waals surface area contributed by atoms with E-state index in [-0.39, 0.29) is 0 Å². The number of nitrogens with zero attached hydrogens (tertiary/aromatic N) is 1. The van der Waals surface area contributed by atoms with Crippen LogP contribution >= 0.6 is 20.6 Å². The monoisotopic (exact) mass is 220 g/mol. The molecule has 0 aliphatic heterocycles. The molecular formula is CH9IN4O. The molecule has 0 unspecified atom stereocenters. The van der Waals surface area contributed by atoms with E-state index < -0.39 is 20.6 Å². The van der Waals surface area contributed by atoms with Gasteiger partial charge in [-0.1, -0.05) is 0 Å². The van der Waals surface area contributed by atoms with E-state index in [0.717, 1.165) is 3.39 Å². The molecule has 0 saturated heterocycles. The summed E-state index contributed by atoms with van der Waals surface area (Å²) in [6.45, 7) is 0.